The topological polar surface area (TPSA) is 42.8 Å². The van der Waals surface area contributed by atoms with Gasteiger partial charge in [-0.05, 0) is 31.2 Å². The lowest BCUT2D eigenvalue weighted by Gasteiger charge is -2.21. The first-order chi connectivity index (χ1) is 11.9. The number of rotatable bonds is 7. The predicted molar refractivity (Wildman–Crippen MR) is 88.1 cm³/mol. The number of halogens is 3. The van der Waals surface area contributed by atoms with Gasteiger partial charge in [-0.1, -0.05) is 18.2 Å². The molecule has 0 fully saturated rings. The number of para-hydroxylation sites is 1. The molecule has 4 nitrogen and oxygen atoms in total. The van der Waals surface area contributed by atoms with E-state index in [0.717, 1.165) is 22.8 Å². The minimum atomic E-state index is -1.61. The van der Waals surface area contributed by atoms with Gasteiger partial charge in [0.15, 0.2) is 23.5 Å². The maximum Gasteiger partial charge on any atom is 0.282 e. The number of quaternary nitrogens is 1. The molecule has 0 aromatic heterocycles. The van der Waals surface area contributed by atoms with E-state index in [2.05, 4.69) is 5.32 Å². The summed E-state index contributed by atoms with van der Waals surface area (Å²) in [6.45, 7) is 2.59. The third-order valence-electron chi connectivity index (χ3n) is 3.93. The monoisotopic (exact) mass is 353 g/mol. The van der Waals surface area contributed by atoms with Crippen molar-refractivity contribution in [3.63, 3.8) is 0 Å². The maximum absolute atomic E-state index is 13.6. The second-order valence-electron chi connectivity index (χ2n) is 5.69. The van der Waals surface area contributed by atoms with Crippen LogP contribution in [-0.4, -0.2) is 32.1 Å². The molecule has 0 saturated carbocycles. The number of nitrogens with one attached hydrogen (secondary N) is 2. The maximum atomic E-state index is 13.6. The average Bonchev–Trinajstić information content (AvgIpc) is 2.62. The molecule has 1 amide bonds. The van der Waals surface area contributed by atoms with Gasteiger partial charge in [-0.25, -0.2) is 13.2 Å². The van der Waals surface area contributed by atoms with Crippen molar-refractivity contribution in [2.24, 2.45) is 0 Å². The van der Waals surface area contributed by atoms with Gasteiger partial charge in [0.25, 0.3) is 5.91 Å². The smallest absolute Gasteiger partial charge is 0.282 e. The van der Waals surface area contributed by atoms with Gasteiger partial charge >= 0.3 is 0 Å². The molecule has 2 N–H and O–H groups in total. The van der Waals surface area contributed by atoms with Crippen LogP contribution in [0.1, 0.15) is 6.92 Å². The Hall–Kier alpha value is -2.54. The normalized spacial score (nSPS) is 13.2. The molecular formula is C18H20F3N2O2+. The zero-order valence-electron chi connectivity index (χ0n) is 14.0. The Balaban J connectivity index is 1.87. The highest BCUT2D eigenvalue weighted by Gasteiger charge is 2.24. The van der Waals surface area contributed by atoms with E-state index in [1.807, 2.05) is 30.3 Å². The van der Waals surface area contributed by atoms with Gasteiger partial charge in [0.1, 0.15) is 18.9 Å². The van der Waals surface area contributed by atoms with Crippen molar-refractivity contribution < 1.29 is 27.6 Å². The number of likely N-dealkylation sites (N-methyl/N-ethyl adjacent to an activating group) is 1. The molecule has 0 bridgehead atoms. The van der Waals surface area contributed by atoms with Crippen molar-refractivity contribution in [1.82, 2.24) is 0 Å². The summed E-state index contributed by atoms with van der Waals surface area (Å²) in [6.07, 6.45) is 0. The summed E-state index contributed by atoms with van der Waals surface area (Å²) in [5.41, 5.74) is -0.385. The Morgan fingerprint density at radius 1 is 1.12 bits per heavy atom. The van der Waals surface area contributed by atoms with E-state index in [4.69, 9.17) is 4.74 Å². The van der Waals surface area contributed by atoms with Gasteiger partial charge in [-0.3, -0.25) is 4.79 Å². The molecule has 0 spiro atoms. The number of anilines is 1. The van der Waals surface area contributed by atoms with Crippen LogP contribution in [0.2, 0.25) is 0 Å². The van der Waals surface area contributed by atoms with Crippen molar-refractivity contribution in [1.29, 1.82) is 0 Å². The molecule has 25 heavy (non-hydrogen) atoms. The zero-order valence-corrected chi connectivity index (χ0v) is 14.0. The Morgan fingerprint density at radius 2 is 1.80 bits per heavy atom. The summed E-state index contributed by atoms with van der Waals surface area (Å²) in [5, 5.41) is 2.28. The van der Waals surface area contributed by atoms with Gasteiger partial charge in [-0.2, -0.15) is 0 Å². The first-order valence-electron chi connectivity index (χ1n) is 7.84. The molecular weight excluding hydrogens is 333 g/mol. The molecule has 0 heterocycles. The lowest BCUT2D eigenvalue weighted by Crippen LogP contribution is -3.14. The summed E-state index contributed by atoms with van der Waals surface area (Å²) in [4.78, 5) is 13.0. The van der Waals surface area contributed by atoms with Crippen molar-refractivity contribution >= 4 is 11.6 Å². The van der Waals surface area contributed by atoms with Gasteiger partial charge in [-0.15, -0.1) is 0 Å². The lowest BCUT2D eigenvalue weighted by molar-refractivity contribution is -0.894. The molecule has 0 saturated heterocycles. The molecule has 0 radical (unpaired) electrons. The number of amides is 1. The molecule has 1 unspecified atom stereocenters. The minimum Gasteiger partial charge on any atom is -0.488 e. The number of ether oxygens (including phenoxy) is 1. The van der Waals surface area contributed by atoms with Crippen molar-refractivity contribution in [3.05, 3.63) is 59.9 Å². The minimum absolute atomic E-state index is 0.385. The Bertz CT molecular complexity index is 726. The average molecular weight is 353 g/mol. The molecule has 2 aromatic carbocycles. The SMILES string of the molecule is C[C@H](C(=O)Nc1ccc(F)c(F)c1F)[NH+](C)CCOc1ccccc1. The van der Waals surface area contributed by atoms with Crippen LogP contribution >= 0.6 is 0 Å². The third-order valence-corrected chi connectivity index (χ3v) is 3.93. The summed E-state index contributed by atoms with van der Waals surface area (Å²) >= 11 is 0. The van der Waals surface area contributed by atoms with E-state index in [-0.39, 0.29) is 5.69 Å². The fourth-order valence-corrected chi connectivity index (χ4v) is 2.15. The molecule has 0 aliphatic rings. The number of hydrogen-bond acceptors (Lipinski definition) is 2. The summed E-state index contributed by atoms with van der Waals surface area (Å²) in [6, 6.07) is 10.5. The van der Waals surface area contributed by atoms with Crippen molar-refractivity contribution in [2.45, 2.75) is 13.0 Å². The fourth-order valence-electron chi connectivity index (χ4n) is 2.15. The second kappa shape index (κ2) is 8.53. The number of benzene rings is 2. The van der Waals surface area contributed by atoms with Gasteiger partial charge in [0.05, 0.1) is 12.7 Å². The number of carbonyl (C=O) groups excluding carboxylic acids is 1. The second-order valence-corrected chi connectivity index (χ2v) is 5.69. The van der Waals surface area contributed by atoms with E-state index in [0.29, 0.717) is 13.2 Å². The molecule has 134 valence electrons. The third kappa shape index (κ3) is 4.96. The quantitative estimate of drug-likeness (QED) is 0.748. The molecule has 0 aliphatic carbocycles. The van der Waals surface area contributed by atoms with Crippen LogP contribution in [0.3, 0.4) is 0 Å². The van der Waals surface area contributed by atoms with Crippen LogP contribution in [0.5, 0.6) is 5.75 Å². The predicted octanol–water partition coefficient (Wildman–Crippen LogP) is 2.02. The highest BCUT2D eigenvalue weighted by atomic mass is 19.2. The molecule has 2 atom stereocenters. The van der Waals surface area contributed by atoms with E-state index >= 15 is 0 Å². The first-order valence-corrected chi connectivity index (χ1v) is 7.84. The van der Waals surface area contributed by atoms with E-state index in [1.54, 1.807) is 14.0 Å². The highest BCUT2D eigenvalue weighted by Crippen LogP contribution is 2.19. The molecule has 2 aromatic rings. The van der Waals surface area contributed by atoms with Crippen molar-refractivity contribution in [2.75, 3.05) is 25.5 Å². The fraction of sp³-hybridized carbons (Fsp3) is 0.278. The van der Waals surface area contributed by atoms with E-state index in [1.165, 1.54) is 0 Å². The van der Waals surface area contributed by atoms with Crippen molar-refractivity contribution in [3.8, 4) is 5.75 Å². The summed E-state index contributed by atoms with van der Waals surface area (Å²) in [5.74, 6) is -4.09. The van der Waals surface area contributed by atoms with E-state index in [9.17, 15) is 18.0 Å². The van der Waals surface area contributed by atoms with Gasteiger partial charge in [0.2, 0.25) is 0 Å². The molecule has 2 rings (SSSR count). The van der Waals surface area contributed by atoms with Crippen LogP contribution in [-0.2, 0) is 4.79 Å². The lowest BCUT2D eigenvalue weighted by atomic mass is 10.2. The van der Waals surface area contributed by atoms with Gasteiger partial charge in [0, 0.05) is 0 Å². The highest BCUT2D eigenvalue weighted by molar-refractivity contribution is 5.93. The Kier molecular flexibility index (Phi) is 6.41. The first kappa shape index (κ1) is 18.8. The number of hydrogen-bond donors (Lipinski definition) is 2. The largest absolute Gasteiger partial charge is 0.488 e. The Labute approximate surface area is 144 Å². The standard InChI is InChI=1S/C18H19F3N2O2/c1-12(23(2)10-11-25-13-6-4-3-5-7-13)18(24)22-15-9-8-14(19)16(20)17(15)21/h3-9,12H,10-11H2,1-2H3,(H,22,24)/p+1/t12-/m1/s1. The van der Waals surface area contributed by atoms with Crippen LogP contribution in [0.15, 0.2) is 42.5 Å². The summed E-state index contributed by atoms with van der Waals surface area (Å²) in [7, 11) is 1.79. The number of carbonyl (C=O) groups is 1. The van der Waals surface area contributed by atoms with E-state index < -0.39 is 29.4 Å². The zero-order chi connectivity index (χ0) is 18.4. The molecule has 7 heteroatoms. The van der Waals surface area contributed by atoms with Gasteiger partial charge < -0.3 is 15.0 Å². The van der Waals surface area contributed by atoms with Crippen LogP contribution in [0.4, 0.5) is 18.9 Å². The van der Waals surface area contributed by atoms with Crippen LogP contribution in [0, 0.1) is 17.5 Å². The van der Waals surface area contributed by atoms with Crippen LogP contribution < -0.4 is 15.0 Å². The van der Waals surface area contributed by atoms with Crippen LogP contribution in [0.25, 0.3) is 0 Å². The Morgan fingerprint density at radius 3 is 2.48 bits per heavy atom. The summed E-state index contributed by atoms with van der Waals surface area (Å²) < 4.78 is 45.3. The molecule has 0 aliphatic heterocycles.